The third-order valence-corrected chi connectivity index (χ3v) is 9.25. The lowest BCUT2D eigenvalue weighted by Gasteiger charge is -2.34. The summed E-state index contributed by atoms with van der Waals surface area (Å²) in [6, 6.07) is 16.0. The molecule has 0 saturated heterocycles. The second kappa shape index (κ2) is 10.9. The van der Waals surface area contributed by atoms with E-state index in [9.17, 15) is 24.3 Å². The van der Waals surface area contributed by atoms with E-state index in [4.69, 9.17) is 11.6 Å². The normalized spacial score (nSPS) is 21.2. The third kappa shape index (κ3) is 5.25. The number of pyridine rings is 1. The average Bonchev–Trinajstić information content (AvgIpc) is 3.29. The molecule has 0 bridgehead atoms. The Labute approximate surface area is 226 Å². The van der Waals surface area contributed by atoms with Gasteiger partial charge in [-0.2, -0.15) is 0 Å². The molecule has 1 aliphatic heterocycles. The number of carboxylic acid groups (broad SMARTS) is 1. The van der Waals surface area contributed by atoms with Crippen LogP contribution in [0.3, 0.4) is 0 Å². The van der Waals surface area contributed by atoms with Crippen molar-refractivity contribution in [2.45, 2.75) is 42.7 Å². The number of carbonyl (C=O) groups is 3. The maximum atomic E-state index is 13.4. The van der Waals surface area contributed by atoms with Gasteiger partial charge < -0.3 is 15.7 Å². The van der Waals surface area contributed by atoms with Crippen LogP contribution in [-0.4, -0.2) is 38.9 Å². The van der Waals surface area contributed by atoms with Gasteiger partial charge in [-0.15, -0.1) is 10.9 Å². The number of amides is 2. The van der Waals surface area contributed by atoms with E-state index >= 15 is 0 Å². The SMILES string of the molecule is O=C(O)C1=Cc2ccc(Cl)cc2[SH]1C(=O)NC1CCCCC1NC(=O)c1ccc(-n2ccccc2=O)cc1. The molecule has 3 atom stereocenters. The number of nitrogens with one attached hydrogen (secondary N) is 2. The Morgan fingerprint density at radius 2 is 1.66 bits per heavy atom. The molecule has 196 valence electrons. The molecular weight excluding hydrogens is 526 g/mol. The van der Waals surface area contributed by atoms with Crippen molar-refractivity contribution in [2.75, 3.05) is 0 Å². The molecule has 1 fully saturated rings. The molecule has 1 aliphatic carbocycles. The molecule has 10 heteroatoms. The van der Waals surface area contributed by atoms with Gasteiger partial charge in [-0.3, -0.25) is 19.0 Å². The summed E-state index contributed by atoms with van der Waals surface area (Å²) >= 11 is 6.15. The second-order valence-corrected chi connectivity index (χ2v) is 11.7. The van der Waals surface area contributed by atoms with Crippen molar-refractivity contribution in [3.05, 3.63) is 98.3 Å². The van der Waals surface area contributed by atoms with E-state index in [1.807, 2.05) is 0 Å². The molecular formula is C28H26ClN3O5S. The van der Waals surface area contributed by atoms with Gasteiger partial charge in [0.2, 0.25) is 0 Å². The van der Waals surface area contributed by atoms with Crippen LogP contribution in [0.5, 0.6) is 0 Å². The third-order valence-electron chi connectivity index (χ3n) is 6.81. The molecule has 5 rings (SSSR count). The van der Waals surface area contributed by atoms with E-state index in [0.29, 0.717) is 39.6 Å². The second-order valence-electron chi connectivity index (χ2n) is 9.25. The summed E-state index contributed by atoms with van der Waals surface area (Å²) in [5.74, 6) is -1.41. The van der Waals surface area contributed by atoms with Gasteiger partial charge in [0.05, 0.1) is 4.91 Å². The first-order valence-corrected chi connectivity index (χ1v) is 14.0. The highest BCUT2D eigenvalue weighted by Gasteiger charge is 2.35. The van der Waals surface area contributed by atoms with Gasteiger partial charge in [0, 0.05) is 45.5 Å². The van der Waals surface area contributed by atoms with Crippen LogP contribution in [0.25, 0.3) is 11.8 Å². The minimum Gasteiger partial charge on any atom is -0.477 e. The Morgan fingerprint density at radius 1 is 0.947 bits per heavy atom. The summed E-state index contributed by atoms with van der Waals surface area (Å²) in [7, 11) is -1.79. The number of carboxylic acids is 1. The molecule has 2 heterocycles. The van der Waals surface area contributed by atoms with E-state index in [1.165, 1.54) is 16.7 Å². The maximum absolute atomic E-state index is 13.4. The van der Waals surface area contributed by atoms with Gasteiger partial charge >= 0.3 is 5.97 Å². The first-order valence-electron chi connectivity index (χ1n) is 12.3. The topological polar surface area (TPSA) is 118 Å². The van der Waals surface area contributed by atoms with E-state index in [-0.39, 0.29) is 33.7 Å². The van der Waals surface area contributed by atoms with Crippen LogP contribution >= 0.6 is 22.5 Å². The molecule has 1 saturated carbocycles. The number of aliphatic carboxylic acids is 1. The van der Waals surface area contributed by atoms with E-state index < -0.39 is 16.9 Å². The van der Waals surface area contributed by atoms with Crippen molar-refractivity contribution in [1.82, 2.24) is 15.2 Å². The quantitative estimate of drug-likeness (QED) is 0.342. The Morgan fingerprint density at radius 3 is 2.34 bits per heavy atom. The number of fused-ring (bicyclic) bond motifs is 1. The zero-order chi connectivity index (χ0) is 26.8. The van der Waals surface area contributed by atoms with Gasteiger partial charge in [0.1, 0.15) is 0 Å². The van der Waals surface area contributed by atoms with Crippen LogP contribution in [0.2, 0.25) is 5.02 Å². The lowest BCUT2D eigenvalue weighted by molar-refractivity contribution is -0.131. The van der Waals surface area contributed by atoms with Crippen molar-refractivity contribution in [2.24, 2.45) is 0 Å². The summed E-state index contributed by atoms with van der Waals surface area (Å²) in [6.45, 7) is 0. The Balaban J connectivity index is 1.30. The van der Waals surface area contributed by atoms with Gasteiger partial charge in [0.25, 0.3) is 16.7 Å². The predicted octanol–water partition coefficient (Wildman–Crippen LogP) is 4.74. The number of halogens is 1. The zero-order valence-electron chi connectivity index (χ0n) is 20.3. The molecule has 2 aromatic carbocycles. The zero-order valence-corrected chi connectivity index (χ0v) is 21.9. The molecule has 3 unspecified atom stereocenters. The first kappa shape index (κ1) is 25.8. The number of rotatable bonds is 5. The van der Waals surface area contributed by atoms with E-state index in [2.05, 4.69) is 10.6 Å². The highest BCUT2D eigenvalue weighted by molar-refractivity contribution is 8.33. The van der Waals surface area contributed by atoms with Crippen LogP contribution in [0.1, 0.15) is 41.6 Å². The van der Waals surface area contributed by atoms with Crippen LogP contribution in [0.15, 0.2) is 81.5 Å². The van der Waals surface area contributed by atoms with Crippen LogP contribution in [0, 0.1) is 0 Å². The lowest BCUT2D eigenvalue weighted by Crippen LogP contribution is -2.52. The highest BCUT2D eigenvalue weighted by atomic mass is 35.5. The molecule has 8 nitrogen and oxygen atoms in total. The van der Waals surface area contributed by atoms with Crippen molar-refractivity contribution in [1.29, 1.82) is 0 Å². The first-order chi connectivity index (χ1) is 18.3. The van der Waals surface area contributed by atoms with E-state index in [1.54, 1.807) is 60.8 Å². The summed E-state index contributed by atoms with van der Waals surface area (Å²) in [5.41, 5.74) is 1.60. The summed E-state index contributed by atoms with van der Waals surface area (Å²) in [6.07, 6.45) is 6.35. The summed E-state index contributed by atoms with van der Waals surface area (Å²) < 4.78 is 1.49. The van der Waals surface area contributed by atoms with Crippen molar-refractivity contribution >= 4 is 45.7 Å². The number of carbonyl (C=O) groups excluding carboxylic acids is 2. The van der Waals surface area contributed by atoms with Gasteiger partial charge in [-0.25, -0.2) is 4.79 Å². The number of hydrogen-bond donors (Lipinski definition) is 4. The monoisotopic (exact) mass is 551 g/mol. The number of benzene rings is 2. The Hall–Kier alpha value is -3.82. The highest BCUT2D eigenvalue weighted by Crippen LogP contribution is 2.53. The van der Waals surface area contributed by atoms with Crippen LogP contribution < -0.4 is 16.2 Å². The minimum absolute atomic E-state index is 0.0591. The number of aromatic nitrogens is 1. The Bertz CT molecular complexity index is 1500. The molecule has 3 N–H and O–H groups in total. The fourth-order valence-corrected chi connectivity index (χ4v) is 7.28. The predicted molar refractivity (Wildman–Crippen MR) is 148 cm³/mol. The Kier molecular flexibility index (Phi) is 7.40. The van der Waals surface area contributed by atoms with Gasteiger partial charge in [-0.05, 0) is 66.9 Å². The molecule has 38 heavy (non-hydrogen) atoms. The lowest BCUT2D eigenvalue weighted by atomic mass is 9.90. The van der Waals surface area contributed by atoms with Gasteiger partial charge in [-0.1, -0.05) is 36.6 Å². The minimum atomic E-state index is -1.79. The molecule has 2 aliphatic rings. The summed E-state index contributed by atoms with van der Waals surface area (Å²) in [5, 5.41) is 15.9. The number of hydrogen-bond acceptors (Lipinski definition) is 4. The van der Waals surface area contributed by atoms with Gasteiger partial charge in [0.15, 0.2) is 0 Å². The van der Waals surface area contributed by atoms with Crippen LogP contribution in [0.4, 0.5) is 4.79 Å². The number of thiol groups is 1. The standard InChI is InChI=1S/C28H26ClN3O5S/c29-19-11-8-18-15-24(27(35)36)38(23(18)16-19)28(37)31-22-6-2-1-5-21(22)30-26(34)17-9-12-20(13-10-17)32-14-4-3-7-25(32)33/h3-4,7-16,21-22,38H,1-2,5-6H2,(H,30,34)(H,31,37)(H,35,36). The fraction of sp³-hybridized carbons (Fsp3) is 0.214. The molecule has 0 radical (unpaired) electrons. The van der Waals surface area contributed by atoms with E-state index in [0.717, 1.165) is 12.8 Å². The molecule has 0 spiro atoms. The summed E-state index contributed by atoms with van der Waals surface area (Å²) in [4.78, 5) is 51.2. The molecule has 2 amide bonds. The largest absolute Gasteiger partial charge is 0.477 e. The molecule has 1 aromatic heterocycles. The van der Waals surface area contributed by atoms with Crippen molar-refractivity contribution in [3.8, 4) is 5.69 Å². The van der Waals surface area contributed by atoms with Crippen molar-refractivity contribution < 1.29 is 19.5 Å². The fourth-order valence-electron chi connectivity index (χ4n) is 4.92. The number of nitrogens with zero attached hydrogens (tertiary/aromatic N) is 1. The molecule has 3 aromatic rings. The maximum Gasteiger partial charge on any atom is 0.341 e. The van der Waals surface area contributed by atoms with Crippen molar-refractivity contribution in [3.63, 3.8) is 0 Å². The smallest absolute Gasteiger partial charge is 0.341 e. The average molecular weight is 552 g/mol. The van der Waals surface area contributed by atoms with Crippen LogP contribution in [-0.2, 0) is 4.79 Å².